The summed E-state index contributed by atoms with van der Waals surface area (Å²) >= 11 is 1.66. The number of carbonyl (C=O) groups is 1. The minimum Gasteiger partial charge on any atom is -0.396 e. The number of rotatable bonds is 3. The Bertz CT molecular complexity index is 619. The number of anilines is 1. The number of thiophene rings is 1. The smallest absolute Gasteiger partial charge is 0.321 e. The highest BCUT2D eigenvalue weighted by Gasteiger charge is 2.22. The first kappa shape index (κ1) is 15.1. The Morgan fingerprint density at radius 2 is 2.00 bits per heavy atom. The number of nitrogens with zero attached hydrogens (tertiary/aromatic N) is 1. The quantitative estimate of drug-likeness (QED) is 0.908. The van der Waals surface area contributed by atoms with Crippen LogP contribution in [0.2, 0.25) is 0 Å². The summed E-state index contributed by atoms with van der Waals surface area (Å²) in [6.45, 7) is 1.63. The number of nitrogens with one attached hydrogen (secondary N) is 1. The van der Waals surface area contributed by atoms with Crippen molar-refractivity contribution in [2.75, 3.05) is 25.0 Å². The first-order valence-electron chi connectivity index (χ1n) is 7.57. The molecular weight excluding hydrogens is 296 g/mol. The maximum atomic E-state index is 12.4. The number of piperidine rings is 1. The second kappa shape index (κ2) is 6.94. The summed E-state index contributed by atoms with van der Waals surface area (Å²) in [6.07, 6.45) is 1.74. The lowest BCUT2D eigenvalue weighted by atomic mass is 9.98. The van der Waals surface area contributed by atoms with Gasteiger partial charge in [-0.1, -0.05) is 24.3 Å². The molecule has 22 heavy (non-hydrogen) atoms. The summed E-state index contributed by atoms with van der Waals surface area (Å²) in [5, 5.41) is 14.2. The third kappa shape index (κ3) is 3.31. The van der Waals surface area contributed by atoms with Crippen LogP contribution in [0.3, 0.4) is 0 Å². The van der Waals surface area contributed by atoms with Crippen molar-refractivity contribution in [2.24, 2.45) is 5.92 Å². The van der Waals surface area contributed by atoms with Gasteiger partial charge in [-0.25, -0.2) is 4.79 Å². The van der Waals surface area contributed by atoms with E-state index in [1.54, 1.807) is 11.3 Å². The van der Waals surface area contributed by atoms with Crippen LogP contribution >= 0.6 is 11.3 Å². The highest BCUT2D eigenvalue weighted by atomic mass is 32.1. The molecule has 0 saturated carbocycles. The molecule has 0 aliphatic carbocycles. The lowest BCUT2D eigenvalue weighted by molar-refractivity contribution is 0.143. The van der Waals surface area contributed by atoms with E-state index in [1.165, 1.54) is 0 Å². The number of urea groups is 1. The lowest BCUT2D eigenvalue weighted by Gasteiger charge is -2.31. The molecule has 1 fully saturated rings. The van der Waals surface area contributed by atoms with Gasteiger partial charge in [-0.3, -0.25) is 0 Å². The van der Waals surface area contributed by atoms with Crippen molar-refractivity contribution < 1.29 is 9.90 Å². The van der Waals surface area contributed by atoms with Crippen molar-refractivity contribution in [3.05, 3.63) is 41.8 Å². The van der Waals surface area contributed by atoms with Crippen molar-refractivity contribution in [3.8, 4) is 10.4 Å². The predicted octanol–water partition coefficient (Wildman–Crippen LogP) is 3.65. The molecule has 1 aliphatic rings. The number of hydrogen-bond acceptors (Lipinski definition) is 3. The van der Waals surface area contributed by atoms with Gasteiger partial charge >= 0.3 is 6.03 Å². The maximum Gasteiger partial charge on any atom is 0.321 e. The number of benzene rings is 1. The summed E-state index contributed by atoms with van der Waals surface area (Å²) in [6, 6.07) is 11.9. The molecule has 116 valence electrons. The molecule has 5 heteroatoms. The summed E-state index contributed by atoms with van der Waals surface area (Å²) in [7, 11) is 0. The van der Waals surface area contributed by atoms with Crippen LogP contribution in [-0.4, -0.2) is 35.7 Å². The molecule has 4 nitrogen and oxygen atoms in total. The summed E-state index contributed by atoms with van der Waals surface area (Å²) < 4.78 is 0. The molecule has 1 aliphatic heterocycles. The highest BCUT2D eigenvalue weighted by molar-refractivity contribution is 7.13. The average molecular weight is 316 g/mol. The second-order valence-corrected chi connectivity index (χ2v) is 6.51. The van der Waals surface area contributed by atoms with Crippen LogP contribution in [0.15, 0.2) is 41.8 Å². The van der Waals surface area contributed by atoms with Gasteiger partial charge in [0.1, 0.15) is 0 Å². The van der Waals surface area contributed by atoms with Crippen molar-refractivity contribution in [1.82, 2.24) is 4.90 Å². The Labute approximate surface area is 134 Å². The maximum absolute atomic E-state index is 12.4. The lowest BCUT2D eigenvalue weighted by Crippen LogP contribution is -2.41. The average Bonchev–Trinajstić information content (AvgIpc) is 3.10. The van der Waals surface area contributed by atoms with Gasteiger partial charge in [0.15, 0.2) is 0 Å². The number of aliphatic hydroxyl groups excluding tert-OH is 1. The fourth-order valence-electron chi connectivity index (χ4n) is 2.75. The second-order valence-electron chi connectivity index (χ2n) is 5.57. The minimum atomic E-state index is -0.0552. The zero-order chi connectivity index (χ0) is 15.4. The predicted molar refractivity (Wildman–Crippen MR) is 90.2 cm³/mol. The molecule has 0 bridgehead atoms. The van der Waals surface area contributed by atoms with E-state index in [2.05, 4.69) is 11.4 Å². The number of carbonyl (C=O) groups excluding carboxylic acids is 1. The Morgan fingerprint density at radius 3 is 2.68 bits per heavy atom. The van der Waals surface area contributed by atoms with Crippen LogP contribution < -0.4 is 5.32 Å². The van der Waals surface area contributed by atoms with Crippen LogP contribution in [0.4, 0.5) is 10.5 Å². The van der Waals surface area contributed by atoms with E-state index >= 15 is 0 Å². The van der Waals surface area contributed by atoms with Crippen molar-refractivity contribution >= 4 is 23.1 Å². The molecule has 3 rings (SSSR count). The molecule has 2 aromatic rings. The van der Waals surface area contributed by atoms with Crippen molar-refractivity contribution in [2.45, 2.75) is 12.8 Å². The van der Waals surface area contributed by atoms with E-state index in [-0.39, 0.29) is 12.6 Å². The van der Waals surface area contributed by atoms with Gasteiger partial charge in [-0.2, -0.15) is 0 Å². The standard InChI is InChI=1S/C17H20N2O2S/c20-12-13-7-9-19(10-8-13)17(21)18-15-5-2-1-4-14(15)16-6-3-11-22-16/h1-6,11,13,20H,7-10,12H2,(H,18,21). The summed E-state index contributed by atoms with van der Waals surface area (Å²) in [5.41, 5.74) is 1.90. The third-order valence-electron chi connectivity index (χ3n) is 4.12. The van der Waals surface area contributed by atoms with Crippen LogP contribution in [0.25, 0.3) is 10.4 Å². The Morgan fingerprint density at radius 1 is 1.23 bits per heavy atom. The fraction of sp³-hybridized carbons (Fsp3) is 0.353. The van der Waals surface area contributed by atoms with Gasteiger partial charge in [-0.15, -0.1) is 11.3 Å². The molecule has 1 aromatic heterocycles. The summed E-state index contributed by atoms with van der Waals surface area (Å²) in [4.78, 5) is 15.4. The SMILES string of the molecule is O=C(Nc1ccccc1-c1cccs1)N1CCC(CO)CC1. The van der Waals surface area contributed by atoms with E-state index < -0.39 is 0 Å². The highest BCUT2D eigenvalue weighted by Crippen LogP contribution is 2.31. The number of hydrogen-bond donors (Lipinski definition) is 2. The van der Waals surface area contributed by atoms with Crippen molar-refractivity contribution in [3.63, 3.8) is 0 Å². The van der Waals surface area contributed by atoms with Gasteiger partial charge in [0.2, 0.25) is 0 Å². The third-order valence-corrected chi connectivity index (χ3v) is 5.02. The largest absolute Gasteiger partial charge is 0.396 e. The zero-order valence-electron chi connectivity index (χ0n) is 12.4. The van der Waals surface area contributed by atoms with Gasteiger partial charge in [0.05, 0.1) is 5.69 Å². The van der Waals surface area contributed by atoms with Gasteiger partial charge in [0.25, 0.3) is 0 Å². The van der Waals surface area contributed by atoms with E-state index in [1.807, 2.05) is 40.6 Å². The molecule has 0 atom stereocenters. The van der Waals surface area contributed by atoms with Crippen LogP contribution in [0.5, 0.6) is 0 Å². The monoisotopic (exact) mass is 316 g/mol. The molecule has 0 unspecified atom stereocenters. The molecule has 2 amide bonds. The zero-order valence-corrected chi connectivity index (χ0v) is 13.2. The molecule has 2 N–H and O–H groups in total. The number of para-hydroxylation sites is 1. The van der Waals surface area contributed by atoms with Crippen LogP contribution in [0.1, 0.15) is 12.8 Å². The van der Waals surface area contributed by atoms with Gasteiger partial charge in [0, 0.05) is 30.1 Å². The Balaban J connectivity index is 1.70. The van der Waals surface area contributed by atoms with Crippen LogP contribution in [-0.2, 0) is 0 Å². The number of aliphatic hydroxyl groups is 1. The first-order valence-corrected chi connectivity index (χ1v) is 8.45. The molecular formula is C17H20N2O2S. The first-order chi connectivity index (χ1) is 10.8. The normalized spacial score (nSPS) is 15.8. The molecule has 2 heterocycles. The van der Waals surface area contributed by atoms with E-state index in [9.17, 15) is 9.90 Å². The van der Waals surface area contributed by atoms with Gasteiger partial charge in [-0.05, 0) is 36.3 Å². The molecule has 0 radical (unpaired) electrons. The minimum absolute atomic E-state index is 0.0552. The molecule has 1 saturated heterocycles. The topological polar surface area (TPSA) is 52.6 Å². The van der Waals surface area contributed by atoms with Crippen molar-refractivity contribution in [1.29, 1.82) is 0 Å². The number of amides is 2. The summed E-state index contributed by atoms with van der Waals surface area (Å²) in [5.74, 6) is 0.336. The van der Waals surface area contributed by atoms with Crippen LogP contribution in [0, 0.1) is 5.92 Å². The van der Waals surface area contributed by atoms with Gasteiger partial charge < -0.3 is 15.3 Å². The molecule has 1 aromatic carbocycles. The Hall–Kier alpha value is -1.85. The molecule has 0 spiro atoms. The number of likely N-dealkylation sites (tertiary alicyclic amines) is 1. The van der Waals surface area contributed by atoms with E-state index in [0.717, 1.165) is 29.0 Å². The fourth-order valence-corrected chi connectivity index (χ4v) is 3.52. The van der Waals surface area contributed by atoms with E-state index in [4.69, 9.17) is 0 Å². The Kier molecular flexibility index (Phi) is 4.75. The van der Waals surface area contributed by atoms with E-state index in [0.29, 0.717) is 19.0 Å².